The van der Waals surface area contributed by atoms with E-state index in [9.17, 15) is 0 Å². The average molecular weight is 307 g/mol. The Morgan fingerprint density at radius 2 is 2.18 bits per heavy atom. The van der Waals surface area contributed by atoms with Crippen LogP contribution in [0.3, 0.4) is 0 Å². The van der Waals surface area contributed by atoms with Crippen LogP contribution in [-0.2, 0) is 4.74 Å². The van der Waals surface area contributed by atoms with E-state index in [0.717, 1.165) is 36.6 Å². The number of ether oxygens (including phenoxy) is 3. The van der Waals surface area contributed by atoms with Gasteiger partial charge in [0.15, 0.2) is 5.96 Å². The Bertz CT molecular complexity index is 499. The molecule has 1 saturated heterocycles. The Morgan fingerprint density at radius 1 is 1.36 bits per heavy atom. The lowest BCUT2D eigenvalue weighted by Gasteiger charge is -2.14. The number of nitrogens with one attached hydrogen (secondary N) is 1. The predicted octanol–water partition coefficient (Wildman–Crippen LogP) is 2.39. The number of aliphatic imine (C=N–C) groups is 1. The van der Waals surface area contributed by atoms with E-state index in [-0.39, 0.29) is 6.10 Å². The maximum absolute atomic E-state index is 5.96. The van der Waals surface area contributed by atoms with Crippen LogP contribution in [0, 0.1) is 0 Å². The summed E-state index contributed by atoms with van der Waals surface area (Å²) in [6, 6.07) is 5.60. The molecule has 122 valence electrons. The predicted molar refractivity (Wildman–Crippen MR) is 87.9 cm³/mol. The number of rotatable bonds is 7. The van der Waals surface area contributed by atoms with Crippen molar-refractivity contribution in [3.63, 3.8) is 0 Å². The third-order valence-electron chi connectivity index (χ3n) is 3.31. The number of benzene rings is 1. The highest BCUT2D eigenvalue weighted by Gasteiger charge is 2.15. The molecule has 0 aliphatic carbocycles. The Hall–Kier alpha value is -1.95. The number of nitrogens with zero attached hydrogens (tertiary/aromatic N) is 1. The molecule has 3 N–H and O–H groups in total. The van der Waals surface area contributed by atoms with Gasteiger partial charge in [-0.1, -0.05) is 0 Å². The molecule has 2 rings (SSSR count). The Kier molecular flexibility index (Phi) is 6.33. The zero-order chi connectivity index (χ0) is 15.8. The first kappa shape index (κ1) is 16.4. The van der Waals surface area contributed by atoms with Gasteiger partial charge >= 0.3 is 0 Å². The second kappa shape index (κ2) is 8.48. The number of hydrogen-bond donors (Lipinski definition) is 2. The van der Waals surface area contributed by atoms with Crippen molar-refractivity contribution in [2.45, 2.75) is 32.8 Å². The summed E-state index contributed by atoms with van der Waals surface area (Å²) in [5.41, 5.74) is 6.71. The van der Waals surface area contributed by atoms with Gasteiger partial charge in [0.05, 0.1) is 31.5 Å². The van der Waals surface area contributed by atoms with E-state index < -0.39 is 0 Å². The Morgan fingerprint density at radius 3 is 2.86 bits per heavy atom. The molecule has 1 aromatic carbocycles. The third kappa shape index (κ3) is 4.80. The highest BCUT2D eigenvalue weighted by molar-refractivity contribution is 5.94. The lowest BCUT2D eigenvalue weighted by Crippen LogP contribution is -2.25. The highest BCUT2D eigenvalue weighted by Crippen LogP contribution is 2.29. The SMILES string of the molecule is CCOc1ccc(OCC)c(NC(N)=NCC2CCCO2)c1. The Balaban J connectivity index is 2.04. The van der Waals surface area contributed by atoms with Gasteiger partial charge in [-0.2, -0.15) is 0 Å². The van der Waals surface area contributed by atoms with Crippen molar-refractivity contribution in [1.82, 2.24) is 0 Å². The van der Waals surface area contributed by atoms with Crippen molar-refractivity contribution in [1.29, 1.82) is 0 Å². The molecule has 0 aromatic heterocycles. The fraction of sp³-hybridized carbons (Fsp3) is 0.562. The number of anilines is 1. The van der Waals surface area contributed by atoms with E-state index in [1.165, 1.54) is 0 Å². The summed E-state index contributed by atoms with van der Waals surface area (Å²) in [7, 11) is 0. The number of hydrogen-bond acceptors (Lipinski definition) is 4. The van der Waals surface area contributed by atoms with Crippen LogP contribution in [0.1, 0.15) is 26.7 Å². The summed E-state index contributed by atoms with van der Waals surface area (Å²) < 4.78 is 16.6. The molecule has 1 fully saturated rings. The fourth-order valence-corrected chi connectivity index (χ4v) is 2.31. The minimum absolute atomic E-state index is 0.182. The van der Waals surface area contributed by atoms with Crippen molar-refractivity contribution in [2.75, 3.05) is 31.7 Å². The minimum atomic E-state index is 0.182. The van der Waals surface area contributed by atoms with Crippen LogP contribution in [0.25, 0.3) is 0 Å². The Labute approximate surface area is 131 Å². The topological polar surface area (TPSA) is 78.1 Å². The molecule has 1 aromatic rings. The van der Waals surface area contributed by atoms with Crippen LogP contribution in [0.5, 0.6) is 11.5 Å². The van der Waals surface area contributed by atoms with Crippen molar-refractivity contribution in [2.24, 2.45) is 10.7 Å². The quantitative estimate of drug-likeness (QED) is 0.597. The average Bonchev–Trinajstić information content (AvgIpc) is 3.02. The summed E-state index contributed by atoms with van der Waals surface area (Å²) in [6.07, 6.45) is 2.32. The second-order valence-electron chi connectivity index (χ2n) is 5.01. The van der Waals surface area contributed by atoms with Crippen LogP contribution in [0.4, 0.5) is 5.69 Å². The second-order valence-corrected chi connectivity index (χ2v) is 5.01. The van der Waals surface area contributed by atoms with Crippen LogP contribution < -0.4 is 20.5 Å². The first-order valence-electron chi connectivity index (χ1n) is 7.81. The van der Waals surface area contributed by atoms with E-state index in [0.29, 0.717) is 25.7 Å². The van der Waals surface area contributed by atoms with Gasteiger partial charge in [0.1, 0.15) is 11.5 Å². The molecule has 22 heavy (non-hydrogen) atoms. The van der Waals surface area contributed by atoms with E-state index in [4.69, 9.17) is 19.9 Å². The van der Waals surface area contributed by atoms with Crippen LogP contribution >= 0.6 is 0 Å². The van der Waals surface area contributed by atoms with Gasteiger partial charge in [0.25, 0.3) is 0 Å². The molecule has 1 aliphatic rings. The monoisotopic (exact) mass is 307 g/mol. The summed E-state index contributed by atoms with van der Waals surface area (Å²) in [4.78, 5) is 4.34. The zero-order valence-electron chi connectivity index (χ0n) is 13.3. The summed E-state index contributed by atoms with van der Waals surface area (Å²) in [6.45, 7) is 6.47. The third-order valence-corrected chi connectivity index (χ3v) is 3.31. The van der Waals surface area contributed by atoms with Gasteiger partial charge in [-0.15, -0.1) is 0 Å². The molecule has 1 unspecified atom stereocenters. The first-order chi connectivity index (χ1) is 10.7. The van der Waals surface area contributed by atoms with Crippen molar-refractivity contribution >= 4 is 11.6 Å². The largest absolute Gasteiger partial charge is 0.494 e. The molecule has 1 atom stereocenters. The first-order valence-corrected chi connectivity index (χ1v) is 7.81. The van der Waals surface area contributed by atoms with E-state index in [1.54, 1.807) is 0 Å². The lowest BCUT2D eigenvalue weighted by atomic mass is 10.2. The number of guanidine groups is 1. The molecule has 0 bridgehead atoms. The van der Waals surface area contributed by atoms with Crippen LogP contribution in [0.15, 0.2) is 23.2 Å². The molecule has 6 heteroatoms. The highest BCUT2D eigenvalue weighted by atomic mass is 16.5. The zero-order valence-corrected chi connectivity index (χ0v) is 13.3. The van der Waals surface area contributed by atoms with Crippen LogP contribution in [-0.4, -0.2) is 38.4 Å². The standard InChI is InChI=1S/C16H25N3O3/c1-3-20-12-7-8-15(21-4-2)14(10-12)19-16(17)18-11-13-6-5-9-22-13/h7-8,10,13H,3-6,9,11H2,1-2H3,(H3,17,18,19). The van der Waals surface area contributed by atoms with E-state index in [2.05, 4.69) is 10.3 Å². The number of nitrogens with two attached hydrogens (primary N) is 1. The van der Waals surface area contributed by atoms with Crippen molar-refractivity contribution < 1.29 is 14.2 Å². The minimum Gasteiger partial charge on any atom is -0.494 e. The van der Waals surface area contributed by atoms with Crippen LogP contribution in [0.2, 0.25) is 0 Å². The van der Waals surface area contributed by atoms with Gasteiger partial charge in [-0.05, 0) is 38.8 Å². The molecule has 0 radical (unpaired) electrons. The molecular weight excluding hydrogens is 282 g/mol. The lowest BCUT2D eigenvalue weighted by molar-refractivity contribution is 0.118. The van der Waals surface area contributed by atoms with Gasteiger partial charge in [-0.3, -0.25) is 4.99 Å². The molecule has 6 nitrogen and oxygen atoms in total. The summed E-state index contributed by atoms with van der Waals surface area (Å²) in [5, 5.41) is 3.09. The fourth-order valence-electron chi connectivity index (χ4n) is 2.31. The summed E-state index contributed by atoms with van der Waals surface area (Å²) >= 11 is 0. The molecule has 1 heterocycles. The molecule has 1 aliphatic heterocycles. The molecule has 0 amide bonds. The maximum Gasteiger partial charge on any atom is 0.193 e. The van der Waals surface area contributed by atoms with E-state index in [1.807, 2.05) is 32.0 Å². The van der Waals surface area contributed by atoms with Gasteiger partial charge in [0.2, 0.25) is 0 Å². The molecular formula is C16H25N3O3. The molecule has 0 spiro atoms. The van der Waals surface area contributed by atoms with Gasteiger partial charge in [-0.25, -0.2) is 0 Å². The van der Waals surface area contributed by atoms with Crippen molar-refractivity contribution in [3.8, 4) is 11.5 Å². The van der Waals surface area contributed by atoms with Crippen molar-refractivity contribution in [3.05, 3.63) is 18.2 Å². The van der Waals surface area contributed by atoms with Gasteiger partial charge in [0, 0.05) is 12.7 Å². The normalized spacial score (nSPS) is 18.3. The van der Waals surface area contributed by atoms with E-state index >= 15 is 0 Å². The van der Waals surface area contributed by atoms with Gasteiger partial charge < -0.3 is 25.3 Å². The molecule has 0 saturated carbocycles. The smallest absolute Gasteiger partial charge is 0.193 e. The maximum atomic E-state index is 5.96. The summed E-state index contributed by atoms with van der Waals surface area (Å²) in [5.74, 6) is 1.84.